The molecule has 0 bridgehead atoms. The molecule has 0 saturated heterocycles. The summed E-state index contributed by atoms with van der Waals surface area (Å²) in [4.78, 5) is 11.3. The third kappa shape index (κ3) is 5.73. The van der Waals surface area contributed by atoms with E-state index in [0.29, 0.717) is 13.2 Å². The molecule has 0 aliphatic carbocycles. The predicted molar refractivity (Wildman–Crippen MR) is 128 cm³/mol. The molecular weight excluding hydrogens is 396 g/mol. The molecule has 0 amide bonds. The first-order valence-electron chi connectivity index (χ1n) is 10.5. The monoisotopic (exact) mass is 420 g/mol. The van der Waals surface area contributed by atoms with Crippen LogP contribution in [0.5, 0.6) is 11.5 Å². The molecule has 0 N–H and O–H groups in total. The van der Waals surface area contributed by atoms with Gasteiger partial charge < -0.3 is 9.47 Å². The number of hydrogen-bond donors (Lipinski definition) is 0. The molecule has 0 heterocycles. The quantitative estimate of drug-likeness (QED) is 0.230. The molecule has 32 heavy (non-hydrogen) atoms. The van der Waals surface area contributed by atoms with E-state index in [1.807, 2.05) is 109 Å². The summed E-state index contributed by atoms with van der Waals surface area (Å²) in [5.41, 5.74) is 4.98. The maximum Gasteiger partial charge on any atom is 0.143 e. The maximum absolute atomic E-state index is 11.3. The molecule has 0 atom stereocenters. The van der Waals surface area contributed by atoms with E-state index >= 15 is 0 Å². The third-order valence-electron chi connectivity index (χ3n) is 5.06. The van der Waals surface area contributed by atoms with Crippen molar-refractivity contribution in [3.63, 3.8) is 0 Å². The van der Waals surface area contributed by atoms with E-state index in [1.165, 1.54) is 0 Å². The Hall–Kier alpha value is -4.11. The van der Waals surface area contributed by atoms with Gasteiger partial charge in [0, 0.05) is 0 Å². The SMILES string of the molecule is O=CC=C(c1ccc(OCc2ccccc2)cc1)c1ccc(OCc2ccccc2)cc1. The summed E-state index contributed by atoms with van der Waals surface area (Å²) in [6.45, 7) is 1.03. The average molecular weight is 421 g/mol. The lowest BCUT2D eigenvalue weighted by Crippen LogP contribution is -1.96. The molecule has 0 aliphatic heterocycles. The zero-order valence-corrected chi connectivity index (χ0v) is 17.7. The third-order valence-corrected chi connectivity index (χ3v) is 5.06. The summed E-state index contributed by atoms with van der Waals surface area (Å²) in [7, 11) is 0. The van der Waals surface area contributed by atoms with Crippen molar-refractivity contribution in [2.24, 2.45) is 0 Å². The molecule has 0 aliphatic rings. The van der Waals surface area contributed by atoms with Crippen molar-refractivity contribution in [3.05, 3.63) is 138 Å². The smallest absolute Gasteiger partial charge is 0.143 e. The highest BCUT2D eigenvalue weighted by atomic mass is 16.5. The van der Waals surface area contributed by atoms with Crippen LogP contribution >= 0.6 is 0 Å². The van der Waals surface area contributed by atoms with E-state index in [9.17, 15) is 4.79 Å². The summed E-state index contributed by atoms with van der Waals surface area (Å²) in [6, 6.07) is 35.7. The van der Waals surface area contributed by atoms with Crippen LogP contribution in [0, 0.1) is 0 Å². The fourth-order valence-electron chi connectivity index (χ4n) is 3.37. The van der Waals surface area contributed by atoms with E-state index in [2.05, 4.69) is 0 Å². The van der Waals surface area contributed by atoms with Gasteiger partial charge in [0.1, 0.15) is 31.0 Å². The molecule has 0 radical (unpaired) electrons. The van der Waals surface area contributed by atoms with Crippen molar-refractivity contribution in [1.82, 2.24) is 0 Å². The Balaban J connectivity index is 1.42. The number of carbonyl (C=O) groups excluding carboxylic acids is 1. The molecule has 0 spiro atoms. The van der Waals surface area contributed by atoms with Gasteiger partial charge in [-0.15, -0.1) is 0 Å². The average Bonchev–Trinajstić information content (AvgIpc) is 2.87. The van der Waals surface area contributed by atoms with Crippen molar-refractivity contribution >= 4 is 11.9 Å². The lowest BCUT2D eigenvalue weighted by molar-refractivity contribution is -0.104. The van der Waals surface area contributed by atoms with E-state index in [4.69, 9.17) is 9.47 Å². The van der Waals surface area contributed by atoms with Crippen LogP contribution in [0.3, 0.4) is 0 Å². The Bertz CT molecular complexity index is 1060. The summed E-state index contributed by atoms with van der Waals surface area (Å²) in [5, 5.41) is 0. The number of aldehydes is 1. The van der Waals surface area contributed by atoms with Crippen LogP contribution in [0.25, 0.3) is 5.57 Å². The Morgan fingerprint density at radius 2 is 0.969 bits per heavy atom. The highest BCUT2D eigenvalue weighted by molar-refractivity contribution is 5.89. The van der Waals surface area contributed by atoms with Crippen molar-refractivity contribution in [2.75, 3.05) is 0 Å². The van der Waals surface area contributed by atoms with Crippen LogP contribution in [0.15, 0.2) is 115 Å². The fourth-order valence-corrected chi connectivity index (χ4v) is 3.37. The zero-order valence-electron chi connectivity index (χ0n) is 17.7. The number of allylic oxidation sites excluding steroid dienone is 1. The summed E-state index contributed by atoms with van der Waals surface area (Å²) >= 11 is 0. The number of benzene rings is 4. The van der Waals surface area contributed by atoms with E-state index in [1.54, 1.807) is 6.08 Å². The molecule has 3 heteroatoms. The Kier molecular flexibility index (Phi) is 7.12. The second kappa shape index (κ2) is 10.8. The number of hydrogen-bond acceptors (Lipinski definition) is 3. The van der Waals surface area contributed by atoms with Gasteiger partial charge in [-0.25, -0.2) is 0 Å². The molecule has 0 aromatic heterocycles. The number of carbonyl (C=O) groups is 1. The number of rotatable bonds is 9. The first-order valence-corrected chi connectivity index (χ1v) is 10.5. The maximum atomic E-state index is 11.3. The van der Waals surface area contributed by atoms with Crippen LogP contribution in [0.2, 0.25) is 0 Å². The van der Waals surface area contributed by atoms with E-state index in [0.717, 1.165) is 45.6 Å². The van der Waals surface area contributed by atoms with E-state index < -0.39 is 0 Å². The van der Waals surface area contributed by atoms with Gasteiger partial charge in [-0.1, -0.05) is 84.9 Å². The van der Waals surface area contributed by atoms with Crippen LogP contribution in [0.1, 0.15) is 22.3 Å². The van der Waals surface area contributed by atoms with Crippen LogP contribution in [-0.4, -0.2) is 6.29 Å². The lowest BCUT2D eigenvalue weighted by atomic mass is 9.97. The van der Waals surface area contributed by atoms with E-state index in [-0.39, 0.29) is 0 Å². The molecule has 4 aromatic rings. The molecule has 0 unspecified atom stereocenters. The predicted octanol–water partition coefficient (Wildman–Crippen LogP) is 6.48. The van der Waals surface area contributed by atoms with Crippen LogP contribution in [-0.2, 0) is 18.0 Å². The highest BCUT2D eigenvalue weighted by Crippen LogP contribution is 2.27. The molecule has 3 nitrogen and oxygen atoms in total. The van der Waals surface area contributed by atoms with Gasteiger partial charge in [-0.3, -0.25) is 4.79 Å². The largest absolute Gasteiger partial charge is 0.489 e. The van der Waals surface area contributed by atoms with Gasteiger partial charge in [-0.2, -0.15) is 0 Å². The fraction of sp³-hybridized carbons (Fsp3) is 0.0690. The summed E-state index contributed by atoms with van der Waals surface area (Å²) < 4.78 is 11.7. The minimum atomic E-state index is 0.516. The van der Waals surface area contributed by atoms with Gasteiger partial charge in [0.05, 0.1) is 0 Å². The topological polar surface area (TPSA) is 35.5 Å². The number of ether oxygens (including phenoxy) is 2. The molecule has 0 fully saturated rings. The van der Waals surface area contributed by atoms with Gasteiger partial charge in [0.15, 0.2) is 0 Å². The molecule has 4 aromatic carbocycles. The normalized spacial score (nSPS) is 10.2. The summed E-state index contributed by atoms with van der Waals surface area (Å²) in [5.74, 6) is 1.57. The van der Waals surface area contributed by atoms with Crippen molar-refractivity contribution < 1.29 is 14.3 Å². The zero-order chi connectivity index (χ0) is 22.0. The molecule has 0 saturated carbocycles. The summed E-state index contributed by atoms with van der Waals surface area (Å²) in [6.07, 6.45) is 2.40. The standard InChI is InChI=1S/C29H24O3/c30-20-19-29(25-11-15-27(16-12-25)31-21-23-7-3-1-4-8-23)26-13-17-28(18-14-26)32-22-24-9-5-2-6-10-24/h1-20H,21-22H2. The Morgan fingerprint density at radius 1 is 0.562 bits per heavy atom. The van der Waals surface area contributed by atoms with Crippen molar-refractivity contribution in [2.45, 2.75) is 13.2 Å². The minimum Gasteiger partial charge on any atom is -0.489 e. The second-order valence-electron chi connectivity index (χ2n) is 7.31. The van der Waals surface area contributed by atoms with Gasteiger partial charge >= 0.3 is 0 Å². The Morgan fingerprint density at radius 3 is 1.34 bits per heavy atom. The van der Waals surface area contributed by atoms with Gasteiger partial charge in [-0.05, 0) is 58.2 Å². The Labute approximate surface area is 188 Å². The van der Waals surface area contributed by atoms with Gasteiger partial charge in [0.25, 0.3) is 0 Å². The van der Waals surface area contributed by atoms with Crippen LogP contribution < -0.4 is 9.47 Å². The molecule has 158 valence electrons. The lowest BCUT2D eigenvalue weighted by Gasteiger charge is -2.11. The van der Waals surface area contributed by atoms with Crippen molar-refractivity contribution in [3.8, 4) is 11.5 Å². The molecule has 4 rings (SSSR count). The first-order chi connectivity index (χ1) is 15.8. The highest BCUT2D eigenvalue weighted by Gasteiger charge is 2.07. The minimum absolute atomic E-state index is 0.516. The van der Waals surface area contributed by atoms with Crippen molar-refractivity contribution in [1.29, 1.82) is 0 Å². The second-order valence-corrected chi connectivity index (χ2v) is 7.31. The molecular formula is C29H24O3. The first kappa shape index (κ1) is 21.1. The van der Waals surface area contributed by atoms with Crippen LogP contribution in [0.4, 0.5) is 0 Å². The van der Waals surface area contributed by atoms with Gasteiger partial charge in [0.2, 0.25) is 0 Å².